The van der Waals surface area contributed by atoms with Crippen LogP contribution in [0.5, 0.6) is 5.75 Å². The van der Waals surface area contributed by atoms with E-state index in [2.05, 4.69) is 20.4 Å². The van der Waals surface area contributed by atoms with E-state index in [0.717, 1.165) is 44.4 Å². The van der Waals surface area contributed by atoms with Crippen LogP contribution in [0.3, 0.4) is 0 Å². The molecule has 1 aromatic rings. The molecule has 1 aliphatic rings. The molecule has 1 aliphatic heterocycles. The fourth-order valence-corrected chi connectivity index (χ4v) is 3.00. The zero-order valence-corrected chi connectivity index (χ0v) is 16.2. The summed E-state index contributed by atoms with van der Waals surface area (Å²) in [7, 11) is 1.65. The van der Waals surface area contributed by atoms with Gasteiger partial charge in [0.2, 0.25) is 5.91 Å². The fraction of sp³-hybridized carbons (Fsp3) is 0.579. The third kappa shape index (κ3) is 4.80. The van der Waals surface area contributed by atoms with Crippen molar-refractivity contribution in [1.82, 2.24) is 15.5 Å². The molecule has 2 rings (SSSR count). The van der Waals surface area contributed by atoms with E-state index in [1.807, 2.05) is 39.0 Å². The summed E-state index contributed by atoms with van der Waals surface area (Å²) in [6, 6.07) is 7.43. The van der Waals surface area contributed by atoms with Crippen LogP contribution >= 0.6 is 0 Å². The number of anilines is 1. The van der Waals surface area contributed by atoms with Crippen molar-refractivity contribution in [3.05, 3.63) is 24.3 Å². The second-order valence-electron chi connectivity index (χ2n) is 7.10. The van der Waals surface area contributed by atoms with Crippen molar-refractivity contribution in [1.29, 1.82) is 0 Å². The molecule has 0 saturated carbocycles. The average Bonchev–Trinajstić information content (AvgIpc) is 2.65. The van der Waals surface area contributed by atoms with E-state index in [0.29, 0.717) is 12.3 Å². The molecule has 26 heavy (non-hydrogen) atoms. The molecule has 0 aromatic heterocycles. The van der Waals surface area contributed by atoms with Gasteiger partial charge in [-0.2, -0.15) is 0 Å². The van der Waals surface area contributed by atoms with Gasteiger partial charge in [-0.15, -0.1) is 0 Å². The van der Waals surface area contributed by atoms with Crippen LogP contribution in [0, 0.1) is 5.41 Å². The predicted molar refractivity (Wildman–Crippen MR) is 106 cm³/mol. The van der Waals surface area contributed by atoms with Crippen LogP contribution in [-0.4, -0.2) is 68.2 Å². The van der Waals surface area contributed by atoms with Gasteiger partial charge < -0.3 is 25.5 Å². The van der Waals surface area contributed by atoms with Crippen molar-refractivity contribution in [3.8, 4) is 5.75 Å². The second kappa shape index (κ2) is 8.78. The average molecular weight is 361 g/mol. The monoisotopic (exact) mass is 361 g/mol. The van der Waals surface area contributed by atoms with Gasteiger partial charge in [0.15, 0.2) is 5.96 Å². The Hall–Kier alpha value is -2.44. The van der Waals surface area contributed by atoms with E-state index in [4.69, 9.17) is 4.99 Å². The Morgan fingerprint density at radius 3 is 2.46 bits per heavy atom. The first-order valence-electron chi connectivity index (χ1n) is 9.17. The first kappa shape index (κ1) is 19.9. The number of amides is 1. The molecule has 0 aliphatic carbocycles. The maximum atomic E-state index is 12.0. The number of para-hydroxylation sites is 2. The fourth-order valence-electron chi connectivity index (χ4n) is 3.00. The van der Waals surface area contributed by atoms with Gasteiger partial charge >= 0.3 is 0 Å². The normalized spacial score (nSPS) is 15.8. The number of guanidine groups is 1. The van der Waals surface area contributed by atoms with Crippen LogP contribution in [0.15, 0.2) is 29.3 Å². The van der Waals surface area contributed by atoms with Crippen molar-refractivity contribution >= 4 is 17.6 Å². The number of aliphatic imine (C=N–C) groups is 1. The summed E-state index contributed by atoms with van der Waals surface area (Å²) in [6.07, 6.45) is 0. The zero-order valence-electron chi connectivity index (χ0n) is 16.2. The minimum atomic E-state index is -0.549. The number of nitrogens with one attached hydrogen (secondary N) is 2. The van der Waals surface area contributed by atoms with Crippen molar-refractivity contribution < 1.29 is 9.90 Å². The van der Waals surface area contributed by atoms with Crippen molar-refractivity contribution in [2.24, 2.45) is 10.4 Å². The van der Waals surface area contributed by atoms with E-state index < -0.39 is 5.41 Å². The molecule has 0 unspecified atom stereocenters. The number of carbonyl (C=O) groups excluding carboxylic acids is 1. The van der Waals surface area contributed by atoms with Crippen molar-refractivity contribution in [3.63, 3.8) is 0 Å². The molecule has 1 amide bonds. The van der Waals surface area contributed by atoms with E-state index >= 15 is 0 Å². The van der Waals surface area contributed by atoms with E-state index in [9.17, 15) is 9.90 Å². The second-order valence-corrected chi connectivity index (χ2v) is 7.10. The van der Waals surface area contributed by atoms with Crippen LogP contribution in [0.25, 0.3) is 0 Å². The van der Waals surface area contributed by atoms with Crippen LogP contribution in [-0.2, 0) is 4.79 Å². The lowest BCUT2D eigenvalue weighted by Gasteiger charge is -2.38. The molecule has 1 fully saturated rings. The van der Waals surface area contributed by atoms with Gasteiger partial charge in [0.05, 0.1) is 17.6 Å². The lowest BCUT2D eigenvalue weighted by atomic mass is 9.93. The summed E-state index contributed by atoms with van der Waals surface area (Å²) >= 11 is 0. The molecular formula is C19H31N5O2. The maximum Gasteiger partial charge on any atom is 0.227 e. The Labute approximate surface area is 156 Å². The third-order valence-electron chi connectivity index (χ3n) is 4.60. The van der Waals surface area contributed by atoms with Crippen molar-refractivity contribution in [2.45, 2.75) is 20.8 Å². The molecule has 0 spiro atoms. The molecule has 1 aromatic carbocycles. The third-order valence-corrected chi connectivity index (χ3v) is 4.60. The number of hydrogen-bond acceptors (Lipinski definition) is 4. The molecule has 1 heterocycles. The number of benzene rings is 1. The Morgan fingerprint density at radius 1 is 1.23 bits per heavy atom. The van der Waals surface area contributed by atoms with Crippen LogP contribution in [0.4, 0.5) is 5.69 Å². The van der Waals surface area contributed by atoms with E-state index in [-0.39, 0.29) is 5.91 Å². The standard InChI is InChI=1S/C19H31N5O2/c1-5-21-18(22-14-19(2,3)17(26)20-4)24-12-10-23(11-13-24)15-8-6-7-9-16(15)25/h6-9,25H,5,10-14H2,1-4H3,(H,20,26)(H,21,22). The molecule has 0 atom stereocenters. The minimum absolute atomic E-state index is 0.0125. The number of phenolic OH excluding ortho intramolecular Hbond substituents is 1. The summed E-state index contributed by atoms with van der Waals surface area (Å²) in [5.41, 5.74) is 0.322. The topological polar surface area (TPSA) is 80.2 Å². The smallest absolute Gasteiger partial charge is 0.227 e. The lowest BCUT2D eigenvalue weighted by molar-refractivity contribution is -0.128. The molecule has 144 valence electrons. The molecule has 0 bridgehead atoms. The summed E-state index contributed by atoms with van der Waals surface area (Å²) < 4.78 is 0. The van der Waals surface area contributed by atoms with Crippen LogP contribution in [0.2, 0.25) is 0 Å². The van der Waals surface area contributed by atoms with E-state index in [1.54, 1.807) is 13.1 Å². The summed E-state index contributed by atoms with van der Waals surface area (Å²) in [6.45, 7) is 10.3. The highest BCUT2D eigenvalue weighted by molar-refractivity contribution is 5.83. The first-order chi connectivity index (χ1) is 12.4. The molecule has 3 N–H and O–H groups in total. The highest BCUT2D eigenvalue weighted by atomic mass is 16.3. The van der Waals surface area contributed by atoms with Gasteiger partial charge in [-0.05, 0) is 32.9 Å². The van der Waals surface area contributed by atoms with Gasteiger partial charge in [0.1, 0.15) is 5.75 Å². The minimum Gasteiger partial charge on any atom is -0.506 e. The van der Waals surface area contributed by atoms with Gasteiger partial charge in [0.25, 0.3) is 0 Å². The largest absolute Gasteiger partial charge is 0.506 e. The number of carbonyl (C=O) groups is 1. The number of piperazine rings is 1. The Balaban J connectivity index is 2.02. The Bertz CT molecular complexity index is 637. The predicted octanol–water partition coefficient (Wildman–Crippen LogP) is 1.25. The lowest BCUT2D eigenvalue weighted by Crippen LogP contribution is -2.53. The Kier molecular flexibility index (Phi) is 6.71. The summed E-state index contributed by atoms with van der Waals surface area (Å²) in [5.74, 6) is 1.14. The zero-order chi connectivity index (χ0) is 19.2. The van der Waals surface area contributed by atoms with Crippen molar-refractivity contribution in [2.75, 3.05) is 51.2 Å². The number of hydrogen-bond donors (Lipinski definition) is 3. The summed E-state index contributed by atoms with van der Waals surface area (Å²) in [4.78, 5) is 21.1. The summed E-state index contributed by atoms with van der Waals surface area (Å²) in [5, 5.41) is 16.1. The van der Waals surface area contributed by atoms with Gasteiger partial charge in [-0.1, -0.05) is 12.1 Å². The van der Waals surface area contributed by atoms with Gasteiger partial charge in [-0.25, -0.2) is 0 Å². The molecule has 7 heteroatoms. The van der Waals surface area contributed by atoms with Crippen LogP contribution < -0.4 is 15.5 Å². The van der Waals surface area contributed by atoms with Gasteiger partial charge in [-0.3, -0.25) is 9.79 Å². The number of nitrogens with zero attached hydrogens (tertiary/aromatic N) is 3. The first-order valence-corrected chi connectivity index (χ1v) is 9.17. The molecular weight excluding hydrogens is 330 g/mol. The molecule has 7 nitrogen and oxygen atoms in total. The number of rotatable bonds is 5. The highest BCUT2D eigenvalue weighted by Gasteiger charge is 2.27. The quantitative estimate of drug-likeness (QED) is 0.543. The van der Waals surface area contributed by atoms with E-state index in [1.165, 1.54) is 0 Å². The SMILES string of the molecule is CCNC(=NCC(C)(C)C(=O)NC)N1CCN(c2ccccc2O)CC1. The van der Waals surface area contributed by atoms with Gasteiger partial charge in [0, 0.05) is 39.8 Å². The molecule has 0 radical (unpaired) electrons. The Morgan fingerprint density at radius 2 is 1.88 bits per heavy atom. The highest BCUT2D eigenvalue weighted by Crippen LogP contribution is 2.27. The number of aromatic hydroxyl groups is 1. The molecule has 1 saturated heterocycles. The number of phenols is 1. The van der Waals surface area contributed by atoms with Crippen LogP contribution in [0.1, 0.15) is 20.8 Å². The maximum absolute atomic E-state index is 12.0.